The van der Waals surface area contributed by atoms with Gasteiger partial charge < -0.3 is 9.47 Å². The van der Waals surface area contributed by atoms with Gasteiger partial charge >= 0.3 is 0 Å². The molecule has 4 aliphatic carbocycles. The highest BCUT2D eigenvalue weighted by atomic mass is 16.5. The Bertz CT molecular complexity index is 644. The summed E-state index contributed by atoms with van der Waals surface area (Å²) in [4.78, 5) is 0. The first-order chi connectivity index (χ1) is 12.2. The summed E-state index contributed by atoms with van der Waals surface area (Å²) in [5, 5.41) is 0. The second kappa shape index (κ2) is 5.74. The highest BCUT2D eigenvalue weighted by Gasteiger charge is 2.64. The summed E-state index contributed by atoms with van der Waals surface area (Å²) in [6.07, 6.45) is 20.0. The Morgan fingerprint density at radius 2 is 2.12 bits per heavy atom. The minimum Gasteiger partial charge on any atom is -0.501 e. The fraction of sp³-hybridized carbons (Fsp3) is 0.739. The molecule has 5 aliphatic rings. The first-order valence-corrected chi connectivity index (χ1v) is 10.5. The van der Waals surface area contributed by atoms with Crippen molar-refractivity contribution >= 4 is 0 Å². The SMILES string of the molecule is CC[C@]12CCC3C4CCC(OC)=CC4=CCC3C1CCC21C=CCO1. The smallest absolute Gasteiger partial charge is 0.0958 e. The molecule has 25 heavy (non-hydrogen) atoms. The minimum absolute atomic E-state index is 0.0665. The first kappa shape index (κ1) is 16.2. The molecule has 2 nitrogen and oxygen atoms in total. The Balaban J connectivity index is 1.48. The number of methoxy groups -OCH3 is 1. The van der Waals surface area contributed by atoms with Gasteiger partial charge in [0.25, 0.3) is 0 Å². The van der Waals surface area contributed by atoms with E-state index in [4.69, 9.17) is 9.47 Å². The van der Waals surface area contributed by atoms with E-state index in [0.717, 1.165) is 36.7 Å². The Hall–Kier alpha value is -1.02. The number of ether oxygens (including phenoxy) is 2. The molecule has 2 fully saturated rings. The van der Waals surface area contributed by atoms with Crippen LogP contribution >= 0.6 is 0 Å². The van der Waals surface area contributed by atoms with Gasteiger partial charge in [-0.25, -0.2) is 0 Å². The van der Waals surface area contributed by atoms with Crippen molar-refractivity contribution in [3.8, 4) is 0 Å². The molecule has 1 heterocycles. The van der Waals surface area contributed by atoms with E-state index in [9.17, 15) is 0 Å². The van der Waals surface area contributed by atoms with E-state index in [-0.39, 0.29) is 5.60 Å². The fourth-order valence-corrected chi connectivity index (χ4v) is 7.63. The average Bonchev–Trinajstić information content (AvgIpc) is 3.27. The molecule has 2 heteroatoms. The van der Waals surface area contributed by atoms with Crippen molar-refractivity contribution in [2.24, 2.45) is 29.1 Å². The van der Waals surface area contributed by atoms with Gasteiger partial charge in [-0.3, -0.25) is 0 Å². The summed E-state index contributed by atoms with van der Waals surface area (Å²) in [5.74, 6) is 4.58. The van der Waals surface area contributed by atoms with Crippen molar-refractivity contribution in [2.45, 2.75) is 63.9 Å². The van der Waals surface area contributed by atoms with E-state index in [2.05, 4.69) is 31.2 Å². The van der Waals surface area contributed by atoms with Gasteiger partial charge in [0.1, 0.15) is 0 Å². The molecule has 5 unspecified atom stereocenters. The minimum atomic E-state index is 0.0665. The van der Waals surface area contributed by atoms with Gasteiger partial charge in [0.2, 0.25) is 0 Å². The first-order valence-electron chi connectivity index (χ1n) is 10.5. The molecule has 0 aromatic rings. The Morgan fingerprint density at radius 1 is 1.20 bits per heavy atom. The number of allylic oxidation sites excluding steroid dienone is 4. The quantitative estimate of drug-likeness (QED) is 0.625. The van der Waals surface area contributed by atoms with Crippen LogP contribution in [-0.4, -0.2) is 19.3 Å². The molecule has 0 saturated heterocycles. The van der Waals surface area contributed by atoms with Crippen LogP contribution in [0.25, 0.3) is 0 Å². The molecule has 0 radical (unpaired) electrons. The Morgan fingerprint density at radius 3 is 2.88 bits per heavy atom. The van der Waals surface area contributed by atoms with Crippen LogP contribution in [0, 0.1) is 29.1 Å². The lowest BCUT2D eigenvalue weighted by Gasteiger charge is -2.56. The van der Waals surface area contributed by atoms with Crippen LogP contribution in [0.15, 0.2) is 35.6 Å². The van der Waals surface area contributed by atoms with Gasteiger partial charge in [-0.1, -0.05) is 25.2 Å². The summed E-state index contributed by atoms with van der Waals surface area (Å²) >= 11 is 0. The van der Waals surface area contributed by atoms with Crippen molar-refractivity contribution in [3.63, 3.8) is 0 Å². The average molecular weight is 341 g/mol. The molecule has 5 rings (SSSR count). The maximum Gasteiger partial charge on any atom is 0.0958 e. The lowest BCUT2D eigenvalue weighted by atomic mass is 9.50. The maximum absolute atomic E-state index is 6.43. The van der Waals surface area contributed by atoms with Crippen LogP contribution in [0.2, 0.25) is 0 Å². The predicted molar refractivity (Wildman–Crippen MR) is 100 cm³/mol. The number of rotatable bonds is 2. The van der Waals surface area contributed by atoms with E-state index in [1.807, 2.05) is 7.11 Å². The molecule has 0 aromatic heterocycles. The van der Waals surface area contributed by atoms with E-state index >= 15 is 0 Å². The summed E-state index contributed by atoms with van der Waals surface area (Å²) in [6, 6.07) is 0. The highest BCUT2D eigenvalue weighted by Crippen LogP contribution is 2.67. The lowest BCUT2D eigenvalue weighted by molar-refractivity contribution is -0.119. The van der Waals surface area contributed by atoms with Crippen LogP contribution in [0.1, 0.15) is 58.3 Å². The molecule has 1 aliphatic heterocycles. The molecular weight excluding hydrogens is 308 g/mol. The Labute approximate surface area is 152 Å². The molecule has 0 amide bonds. The van der Waals surface area contributed by atoms with Crippen LogP contribution in [-0.2, 0) is 9.47 Å². The highest BCUT2D eigenvalue weighted by molar-refractivity contribution is 5.32. The zero-order valence-corrected chi connectivity index (χ0v) is 15.8. The standard InChI is InChI=1S/C23H32O2/c1-3-22-12-9-19-18-8-6-17(24-2)15-16(18)5-7-20(19)21(22)10-13-23(22)11-4-14-25-23/h4-5,11,15,18-21H,3,6-10,12-14H2,1-2H3/t18?,19?,20?,21?,22-,23?/m0/s1. The lowest BCUT2D eigenvalue weighted by Crippen LogP contribution is -2.53. The molecule has 2 saturated carbocycles. The van der Waals surface area contributed by atoms with Crippen LogP contribution in [0.3, 0.4) is 0 Å². The van der Waals surface area contributed by atoms with E-state index < -0.39 is 0 Å². The summed E-state index contributed by atoms with van der Waals surface area (Å²) in [7, 11) is 1.82. The summed E-state index contributed by atoms with van der Waals surface area (Å²) in [6.45, 7) is 3.26. The van der Waals surface area contributed by atoms with Crippen molar-refractivity contribution in [2.75, 3.05) is 13.7 Å². The Kier molecular flexibility index (Phi) is 3.71. The van der Waals surface area contributed by atoms with Gasteiger partial charge in [-0.2, -0.15) is 0 Å². The van der Waals surface area contributed by atoms with Gasteiger partial charge in [-0.15, -0.1) is 0 Å². The fourth-order valence-electron chi connectivity index (χ4n) is 7.63. The third-order valence-corrected chi connectivity index (χ3v) is 8.69. The monoisotopic (exact) mass is 340 g/mol. The van der Waals surface area contributed by atoms with Crippen molar-refractivity contribution < 1.29 is 9.47 Å². The zero-order chi connectivity index (χ0) is 17.1. The van der Waals surface area contributed by atoms with E-state index in [0.29, 0.717) is 5.41 Å². The second-order valence-corrected chi connectivity index (χ2v) is 9.02. The molecule has 0 aromatic carbocycles. The van der Waals surface area contributed by atoms with E-state index in [1.165, 1.54) is 50.7 Å². The largest absolute Gasteiger partial charge is 0.501 e. The molecule has 0 bridgehead atoms. The van der Waals surface area contributed by atoms with Gasteiger partial charge in [-0.05, 0) is 80.3 Å². The van der Waals surface area contributed by atoms with Gasteiger partial charge in [0, 0.05) is 11.8 Å². The number of hydrogen-bond acceptors (Lipinski definition) is 2. The number of fused-ring (bicyclic) bond motifs is 6. The van der Waals surface area contributed by atoms with E-state index in [1.54, 1.807) is 5.57 Å². The second-order valence-electron chi connectivity index (χ2n) is 9.02. The summed E-state index contributed by atoms with van der Waals surface area (Å²) in [5.41, 5.74) is 2.05. The molecule has 1 spiro atoms. The van der Waals surface area contributed by atoms with Crippen molar-refractivity contribution in [3.05, 3.63) is 35.6 Å². The van der Waals surface area contributed by atoms with Gasteiger partial charge in [0.15, 0.2) is 0 Å². The predicted octanol–water partition coefficient (Wildman–Crippen LogP) is 5.41. The van der Waals surface area contributed by atoms with Crippen LogP contribution in [0.5, 0.6) is 0 Å². The van der Waals surface area contributed by atoms with Crippen molar-refractivity contribution in [1.82, 2.24) is 0 Å². The topological polar surface area (TPSA) is 18.5 Å². The molecule has 0 N–H and O–H groups in total. The van der Waals surface area contributed by atoms with Crippen molar-refractivity contribution in [1.29, 1.82) is 0 Å². The number of hydrogen-bond donors (Lipinski definition) is 0. The zero-order valence-electron chi connectivity index (χ0n) is 15.8. The van der Waals surface area contributed by atoms with Crippen LogP contribution in [0.4, 0.5) is 0 Å². The normalized spacial score (nSPS) is 47.8. The third kappa shape index (κ3) is 2.07. The summed E-state index contributed by atoms with van der Waals surface area (Å²) < 4.78 is 12.0. The molecular formula is C23H32O2. The molecule has 136 valence electrons. The molecule has 6 atom stereocenters. The van der Waals surface area contributed by atoms with Crippen LogP contribution < -0.4 is 0 Å². The maximum atomic E-state index is 6.43. The third-order valence-electron chi connectivity index (χ3n) is 8.69. The van der Waals surface area contributed by atoms with Gasteiger partial charge in [0.05, 0.1) is 25.1 Å².